The molecule has 2 aromatic heterocycles. The Bertz CT molecular complexity index is 722. The molecule has 0 saturated carbocycles. The summed E-state index contributed by atoms with van der Waals surface area (Å²) in [6.07, 6.45) is -0.318. The van der Waals surface area contributed by atoms with Crippen LogP contribution in [0.3, 0.4) is 0 Å². The Hall–Kier alpha value is -2.42. The Labute approximate surface area is 136 Å². The molecule has 3 rings (SSSR count). The van der Waals surface area contributed by atoms with Gasteiger partial charge in [-0.3, -0.25) is 9.78 Å². The molecule has 24 heavy (non-hydrogen) atoms. The van der Waals surface area contributed by atoms with Crippen molar-refractivity contribution in [2.24, 2.45) is 0 Å². The van der Waals surface area contributed by atoms with Crippen LogP contribution in [0.1, 0.15) is 21.9 Å². The molecule has 1 saturated heterocycles. The van der Waals surface area contributed by atoms with Crippen LogP contribution in [0.5, 0.6) is 0 Å². The van der Waals surface area contributed by atoms with Crippen LogP contribution in [0.25, 0.3) is 0 Å². The largest absolute Gasteiger partial charge is 0.433 e. The summed E-state index contributed by atoms with van der Waals surface area (Å²) in [6, 6.07) is 2.48. The first-order chi connectivity index (χ1) is 11.4. The van der Waals surface area contributed by atoms with E-state index >= 15 is 0 Å². The SMILES string of the molecule is O=C(c1nccn1Cc1ccnc(C(F)(F)F)c1)N1CCNCC1. The molecule has 6 nitrogen and oxygen atoms in total. The first-order valence-electron chi connectivity index (χ1n) is 7.48. The minimum atomic E-state index is -4.50. The predicted octanol–water partition coefficient (Wildman–Crippen LogP) is 1.39. The number of aromatic nitrogens is 3. The summed E-state index contributed by atoms with van der Waals surface area (Å²) < 4.78 is 39.8. The van der Waals surface area contributed by atoms with Gasteiger partial charge in [-0.2, -0.15) is 13.2 Å². The van der Waals surface area contributed by atoms with E-state index in [0.29, 0.717) is 31.7 Å². The van der Waals surface area contributed by atoms with E-state index in [9.17, 15) is 18.0 Å². The molecule has 9 heteroatoms. The quantitative estimate of drug-likeness (QED) is 0.918. The van der Waals surface area contributed by atoms with Crippen molar-refractivity contribution in [3.8, 4) is 0 Å². The van der Waals surface area contributed by atoms with Gasteiger partial charge in [-0.15, -0.1) is 0 Å². The highest BCUT2D eigenvalue weighted by atomic mass is 19.4. The standard InChI is InChI=1S/C15H16F3N5O/c16-15(17,18)12-9-11(1-2-20-12)10-23-8-5-21-13(23)14(24)22-6-3-19-4-7-22/h1-2,5,8-9,19H,3-4,6-7,10H2. The van der Waals surface area contributed by atoms with E-state index in [2.05, 4.69) is 15.3 Å². The fraction of sp³-hybridized carbons (Fsp3) is 0.400. The third kappa shape index (κ3) is 3.56. The Balaban J connectivity index is 1.80. The summed E-state index contributed by atoms with van der Waals surface area (Å²) in [5.74, 6) is 0.00821. The third-order valence-electron chi connectivity index (χ3n) is 3.78. The van der Waals surface area contributed by atoms with Crippen LogP contribution >= 0.6 is 0 Å². The van der Waals surface area contributed by atoms with Gasteiger partial charge >= 0.3 is 6.18 Å². The number of piperazine rings is 1. The van der Waals surface area contributed by atoms with Crippen LogP contribution in [0.4, 0.5) is 13.2 Å². The molecule has 0 radical (unpaired) electrons. The van der Waals surface area contributed by atoms with Crippen LogP contribution in [-0.2, 0) is 12.7 Å². The van der Waals surface area contributed by atoms with Gasteiger partial charge in [0.1, 0.15) is 5.69 Å². The van der Waals surface area contributed by atoms with Crippen molar-refractivity contribution < 1.29 is 18.0 Å². The molecular formula is C15H16F3N5O. The second-order valence-electron chi connectivity index (χ2n) is 5.47. The maximum Gasteiger partial charge on any atom is 0.433 e. The molecule has 3 heterocycles. The van der Waals surface area contributed by atoms with Gasteiger partial charge < -0.3 is 14.8 Å². The zero-order chi connectivity index (χ0) is 17.2. The average molecular weight is 339 g/mol. The minimum Gasteiger partial charge on any atom is -0.333 e. The zero-order valence-electron chi connectivity index (χ0n) is 12.8. The molecule has 2 aromatic rings. The van der Waals surface area contributed by atoms with Gasteiger partial charge in [-0.25, -0.2) is 4.98 Å². The smallest absolute Gasteiger partial charge is 0.333 e. The normalized spacial score (nSPS) is 15.5. The number of carbonyl (C=O) groups is 1. The second-order valence-corrected chi connectivity index (χ2v) is 5.47. The molecule has 1 aliphatic heterocycles. The fourth-order valence-electron chi connectivity index (χ4n) is 2.57. The van der Waals surface area contributed by atoms with Crippen molar-refractivity contribution in [3.63, 3.8) is 0 Å². The molecule has 0 spiro atoms. The van der Waals surface area contributed by atoms with Gasteiger partial charge in [0, 0.05) is 51.3 Å². The maximum atomic E-state index is 12.7. The molecule has 1 fully saturated rings. The zero-order valence-corrected chi connectivity index (χ0v) is 12.8. The highest BCUT2D eigenvalue weighted by molar-refractivity contribution is 5.91. The lowest BCUT2D eigenvalue weighted by molar-refractivity contribution is -0.141. The average Bonchev–Trinajstić information content (AvgIpc) is 3.02. The molecular weight excluding hydrogens is 323 g/mol. The number of nitrogens with zero attached hydrogens (tertiary/aromatic N) is 4. The Morgan fingerprint density at radius 2 is 1.96 bits per heavy atom. The van der Waals surface area contributed by atoms with Gasteiger partial charge in [-0.1, -0.05) is 0 Å². The third-order valence-corrected chi connectivity index (χ3v) is 3.78. The number of imidazole rings is 1. The van der Waals surface area contributed by atoms with Crippen LogP contribution in [-0.4, -0.2) is 51.5 Å². The Kier molecular flexibility index (Phi) is 4.52. The monoisotopic (exact) mass is 339 g/mol. The van der Waals surface area contributed by atoms with Crippen LogP contribution < -0.4 is 5.32 Å². The highest BCUT2D eigenvalue weighted by Crippen LogP contribution is 2.27. The number of halogens is 3. The van der Waals surface area contributed by atoms with E-state index < -0.39 is 11.9 Å². The number of carbonyl (C=O) groups excluding carboxylic acids is 1. The molecule has 1 amide bonds. The van der Waals surface area contributed by atoms with Gasteiger partial charge in [0.2, 0.25) is 0 Å². The lowest BCUT2D eigenvalue weighted by atomic mass is 10.2. The molecule has 0 aromatic carbocycles. The van der Waals surface area contributed by atoms with Gasteiger partial charge in [0.05, 0.1) is 0 Å². The van der Waals surface area contributed by atoms with Crippen molar-refractivity contribution in [2.75, 3.05) is 26.2 Å². The second kappa shape index (κ2) is 6.60. The van der Waals surface area contributed by atoms with E-state index in [1.165, 1.54) is 12.3 Å². The van der Waals surface area contributed by atoms with E-state index in [0.717, 1.165) is 12.3 Å². The molecule has 1 aliphatic rings. The minimum absolute atomic E-state index is 0.124. The molecule has 0 unspecified atom stereocenters. The van der Waals surface area contributed by atoms with Crippen molar-refractivity contribution in [1.29, 1.82) is 0 Å². The predicted molar refractivity (Wildman–Crippen MR) is 79.3 cm³/mol. The molecule has 1 N–H and O–H groups in total. The van der Waals surface area contributed by atoms with E-state index in [1.54, 1.807) is 15.7 Å². The Morgan fingerprint density at radius 3 is 2.67 bits per heavy atom. The summed E-state index contributed by atoms with van der Waals surface area (Å²) in [7, 11) is 0. The first kappa shape index (κ1) is 16.4. The van der Waals surface area contributed by atoms with Gasteiger partial charge in [0.25, 0.3) is 5.91 Å². The lowest BCUT2D eigenvalue weighted by Gasteiger charge is -2.27. The van der Waals surface area contributed by atoms with E-state index in [-0.39, 0.29) is 18.3 Å². The van der Waals surface area contributed by atoms with Crippen molar-refractivity contribution in [3.05, 3.63) is 47.8 Å². The lowest BCUT2D eigenvalue weighted by Crippen LogP contribution is -2.47. The fourth-order valence-corrected chi connectivity index (χ4v) is 2.57. The summed E-state index contributed by atoms with van der Waals surface area (Å²) in [5.41, 5.74) is -0.542. The van der Waals surface area contributed by atoms with Crippen molar-refractivity contribution >= 4 is 5.91 Å². The van der Waals surface area contributed by atoms with E-state index in [1.807, 2.05) is 0 Å². The van der Waals surface area contributed by atoms with Crippen molar-refractivity contribution in [2.45, 2.75) is 12.7 Å². The first-order valence-corrected chi connectivity index (χ1v) is 7.48. The molecule has 128 valence electrons. The topological polar surface area (TPSA) is 63.1 Å². The number of nitrogens with one attached hydrogen (secondary N) is 1. The summed E-state index contributed by atoms with van der Waals surface area (Å²) >= 11 is 0. The Morgan fingerprint density at radius 1 is 1.21 bits per heavy atom. The van der Waals surface area contributed by atoms with Gasteiger partial charge in [-0.05, 0) is 17.7 Å². The number of hydrogen-bond donors (Lipinski definition) is 1. The number of hydrogen-bond acceptors (Lipinski definition) is 4. The summed E-state index contributed by atoms with van der Waals surface area (Å²) in [6.45, 7) is 2.72. The van der Waals surface area contributed by atoms with Crippen LogP contribution in [0.15, 0.2) is 30.7 Å². The number of pyridine rings is 1. The molecule has 0 atom stereocenters. The molecule has 0 bridgehead atoms. The van der Waals surface area contributed by atoms with E-state index in [4.69, 9.17) is 0 Å². The van der Waals surface area contributed by atoms with Crippen LogP contribution in [0, 0.1) is 0 Å². The summed E-state index contributed by atoms with van der Waals surface area (Å²) in [4.78, 5) is 21.6. The number of amides is 1. The number of alkyl halides is 3. The maximum absolute atomic E-state index is 12.7. The highest BCUT2D eigenvalue weighted by Gasteiger charge is 2.32. The van der Waals surface area contributed by atoms with Gasteiger partial charge in [0.15, 0.2) is 5.82 Å². The number of rotatable bonds is 3. The van der Waals surface area contributed by atoms with Crippen molar-refractivity contribution in [1.82, 2.24) is 24.8 Å². The summed E-state index contributed by atoms with van der Waals surface area (Å²) in [5, 5.41) is 3.16. The van der Waals surface area contributed by atoms with Crippen LogP contribution in [0.2, 0.25) is 0 Å². The molecule has 0 aliphatic carbocycles.